The van der Waals surface area contributed by atoms with Gasteiger partial charge in [-0.3, -0.25) is 10.1 Å². The van der Waals surface area contributed by atoms with Crippen molar-refractivity contribution in [2.24, 2.45) is 0 Å². The Morgan fingerprint density at radius 1 is 1.42 bits per heavy atom. The van der Waals surface area contributed by atoms with Gasteiger partial charge in [0.1, 0.15) is 5.75 Å². The summed E-state index contributed by atoms with van der Waals surface area (Å²) in [4.78, 5) is 22.9. The molecule has 0 radical (unpaired) electrons. The summed E-state index contributed by atoms with van der Waals surface area (Å²) in [6.07, 6.45) is -0.792. The smallest absolute Gasteiger partial charge is 0.321 e. The molecule has 104 valence electrons. The molecule has 0 spiro atoms. The van der Waals surface area contributed by atoms with Crippen LogP contribution in [0.25, 0.3) is 0 Å². The maximum atomic E-state index is 11.7. The zero-order chi connectivity index (χ0) is 14.4. The monoisotopic (exact) mass is 284 g/mol. The third kappa shape index (κ3) is 4.79. The predicted molar refractivity (Wildman–Crippen MR) is 73.5 cm³/mol. The molecular weight excluding hydrogens is 268 g/mol. The van der Waals surface area contributed by atoms with Crippen molar-refractivity contribution in [3.05, 3.63) is 28.8 Å². The van der Waals surface area contributed by atoms with E-state index in [1.165, 1.54) is 0 Å². The quantitative estimate of drug-likeness (QED) is 0.891. The van der Waals surface area contributed by atoms with Crippen molar-refractivity contribution in [3.8, 4) is 5.75 Å². The zero-order valence-corrected chi connectivity index (χ0v) is 11.9. The highest BCUT2D eigenvalue weighted by Crippen LogP contribution is 2.23. The van der Waals surface area contributed by atoms with Crippen LogP contribution >= 0.6 is 11.6 Å². The summed E-state index contributed by atoms with van der Waals surface area (Å²) in [5.41, 5.74) is 0.863. The largest absolute Gasteiger partial charge is 0.481 e. The van der Waals surface area contributed by atoms with Crippen molar-refractivity contribution in [2.45, 2.75) is 26.9 Å². The number of ether oxygens (including phenoxy) is 1. The van der Waals surface area contributed by atoms with Crippen LogP contribution in [0.15, 0.2) is 18.2 Å². The van der Waals surface area contributed by atoms with Gasteiger partial charge in [0.05, 0.1) is 0 Å². The summed E-state index contributed by atoms with van der Waals surface area (Å²) in [6.45, 7) is 5.62. The van der Waals surface area contributed by atoms with Gasteiger partial charge in [0, 0.05) is 11.6 Å². The maximum Gasteiger partial charge on any atom is 0.321 e. The number of urea groups is 1. The zero-order valence-electron chi connectivity index (χ0n) is 11.1. The first-order chi connectivity index (χ1) is 8.93. The average molecular weight is 285 g/mol. The molecule has 1 atom stereocenters. The first-order valence-corrected chi connectivity index (χ1v) is 6.33. The third-order valence-corrected chi connectivity index (χ3v) is 2.63. The molecule has 3 amide bonds. The number of carbonyl (C=O) groups excluding carboxylic acids is 2. The van der Waals surface area contributed by atoms with E-state index in [2.05, 4.69) is 10.6 Å². The van der Waals surface area contributed by atoms with E-state index in [9.17, 15) is 9.59 Å². The van der Waals surface area contributed by atoms with Gasteiger partial charge in [-0.15, -0.1) is 0 Å². The molecule has 1 rings (SSSR count). The summed E-state index contributed by atoms with van der Waals surface area (Å²) in [5, 5.41) is 5.18. The molecule has 5 nitrogen and oxygen atoms in total. The minimum atomic E-state index is -0.792. The van der Waals surface area contributed by atoms with E-state index >= 15 is 0 Å². The highest BCUT2D eigenvalue weighted by atomic mass is 35.5. The lowest BCUT2D eigenvalue weighted by atomic mass is 10.2. The molecule has 0 heterocycles. The fourth-order valence-electron chi connectivity index (χ4n) is 1.36. The first kappa shape index (κ1) is 15.3. The number of amides is 3. The number of nitrogens with one attached hydrogen (secondary N) is 2. The van der Waals surface area contributed by atoms with Crippen LogP contribution in [-0.4, -0.2) is 24.6 Å². The molecule has 0 bridgehead atoms. The van der Waals surface area contributed by atoms with Crippen molar-refractivity contribution < 1.29 is 14.3 Å². The van der Waals surface area contributed by atoms with Crippen LogP contribution in [-0.2, 0) is 4.79 Å². The second-order valence-corrected chi connectivity index (χ2v) is 4.46. The van der Waals surface area contributed by atoms with Crippen molar-refractivity contribution in [1.29, 1.82) is 0 Å². The van der Waals surface area contributed by atoms with Crippen molar-refractivity contribution in [3.63, 3.8) is 0 Å². The molecule has 19 heavy (non-hydrogen) atoms. The number of hydrogen-bond acceptors (Lipinski definition) is 3. The minimum absolute atomic E-state index is 0.446. The van der Waals surface area contributed by atoms with Gasteiger partial charge in [0.15, 0.2) is 6.10 Å². The number of imide groups is 1. The molecule has 0 aromatic heterocycles. The molecule has 0 fully saturated rings. The summed E-state index contributed by atoms with van der Waals surface area (Å²) >= 11 is 5.86. The molecule has 1 aromatic rings. The Morgan fingerprint density at radius 3 is 2.74 bits per heavy atom. The second-order valence-electron chi connectivity index (χ2n) is 4.02. The number of rotatable bonds is 4. The van der Waals surface area contributed by atoms with E-state index in [0.717, 1.165) is 5.56 Å². The molecule has 0 saturated carbocycles. The molecule has 6 heteroatoms. The van der Waals surface area contributed by atoms with E-state index in [4.69, 9.17) is 16.3 Å². The lowest BCUT2D eigenvalue weighted by Crippen LogP contribution is -2.45. The lowest BCUT2D eigenvalue weighted by Gasteiger charge is -2.16. The van der Waals surface area contributed by atoms with Gasteiger partial charge in [0.2, 0.25) is 0 Å². The molecule has 0 aliphatic heterocycles. The minimum Gasteiger partial charge on any atom is -0.481 e. The van der Waals surface area contributed by atoms with Crippen molar-refractivity contribution >= 4 is 23.5 Å². The Morgan fingerprint density at radius 2 is 2.11 bits per heavy atom. The number of hydrogen-bond donors (Lipinski definition) is 2. The second kappa shape index (κ2) is 6.99. The molecule has 1 unspecified atom stereocenters. The predicted octanol–water partition coefficient (Wildman–Crippen LogP) is 2.26. The van der Waals surface area contributed by atoms with Crippen LogP contribution in [0.3, 0.4) is 0 Å². The Labute approximate surface area is 117 Å². The van der Waals surface area contributed by atoms with Gasteiger partial charge in [-0.05, 0) is 38.5 Å². The molecule has 0 aliphatic carbocycles. The van der Waals surface area contributed by atoms with Gasteiger partial charge in [-0.1, -0.05) is 17.7 Å². The highest BCUT2D eigenvalue weighted by Gasteiger charge is 2.17. The number of halogens is 1. The van der Waals surface area contributed by atoms with Gasteiger partial charge < -0.3 is 10.1 Å². The number of carbonyl (C=O) groups is 2. The van der Waals surface area contributed by atoms with Crippen LogP contribution in [0.4, 0.5) is 4.79 Å². The van der Waals surface area contributed by atoms with E-state index < -0.39 is 18.0 Å². The van der Waals surface area contributed by atoms with E-state index in [1.54, 1.807) is 32.0 Å². The van der Waals surface area contributed by atoms with E-state index in [-0.39, 0.29) is 0 Å². The Kier molecular flexibility index (Phi) is 5.63. The van der Waals surface area contributed by atoms with Crippen LogP contribution < -0.4 is 15.4 Å². The fourth-order valence-corrected chi connectivity index (χ4v) is 1.53. The molecule has 1 aromatic carbocycles. The molecule has 0 saturated heterocycles. The highest BCUT2D eigenvalue weighted by molar-refractivity contribution is 6.30. The summed E-state index contributed by atoms with van der Waals surface area (Å²) in [5.74, 6) is 0.0105. The van der Waals surface area contributed by atoms with E-state index in [0.29, 0.717) is 17.3 Å². The topological polar surface area (TPSA) is 67.4 Å². The normalized spacial score (nSPS) is 11.6. The molecular formula is C13H17ClN2O3. The number of benzene rings is 1. The number of aryl methyl sites for hydroxylation is 1. The SMILES string of the molecule is CCNC(=O)NC(=O)C(C)Oc1cc(Cl)ccc1C. The maximum absolute atomic E-state index is 11.7. The van der Waals surface area contributed by atoms with Crippen molar-refractivity contribution in [2.75, 3.05) is 6.54 Å². The fraction of sp³-hybridized carbons (Fsp3) is 0.385. The van der Waals surface area contributed by atoms with Gasteiger partial charge in [0.25, 0.3) is 5.91 Å². The van der Waals surface area contributed by atoms with E-state index in [1.807, 2.05) is 6.92 Å². The summed E-state index contributed by atoms with van der Waals surface area (Å²) < 4.78 is 5.49. The van der Waals surface area contributed by atoms with Gasteiger partial charge >= 0.3 is 6.03 Å². The van der Waals surface area contributed by atoms with Crippen LogP contribution in [0.1, 0.15) is 19.4 Å². The lowest BCUT2D eigenvalue weighted by molar-refractivity contribution is -0.126. The van der Waals surface area contributed by atoms with Crippen molar-refractivity contribution in [1.82, 2.24) is 10.6 Å². The van der Waals surface area contributed by atoms with Crippen LogP contribution in [0, 0.1) is 6.92 Å². The van der Waals surface area contributed by atoms with Gasteiger partial charge in [-0.2, -0.15) is 0 Å². The Balaban J connectivity index is 2.63. The van der Waals surface area contributed by atoms with Crippen LogP contribution in [0.2, 0.25) is 5.02 Å². The summed E-state index contributed by atoms with van der Waals surface area (Å²) in [7, 11) is 0. The standard InChI is InChI=1S/C13H17ClN2O3/c1-4-15-13(18)16-12(17)9(3)19-11-7-10(14)6-5-8(11)2/h5-7,9H,4H2,1-3H3,(H2,15,16,17,18). The summed E-state index contributed by atoms with van der Waals surface area (Å²) in [6, 6.07) is 4.63. The first-order valence-electron chi connectivity index (χ1n) is 5.95. The molecule has 2 N–H and O–H groups in total. The Hall–Kier alpha value is -1.75. The Bertz CT molecular complexity index is 477. The van der Waals surface area contributed by atoms with Crippen LogP contribution in [0.5, 0.6) is 5.75 Å². The third-order valence-electron chi connectivity index (χ3n) is 2.40. The molecule has 0 aliphatic rings. The van der Waals surface area contributed by atoms with Gasteiger partial charge in [-0.25, -0.2) is 4.79 Å². The average Bonchev–Trinajstić information content (AvgIpc) is 2.34.